The number of hydrogen-bond donors (Lipinski definition) is 0. The highest BCUT2D eigenvalue weighted by atomic mass is 32.2. The van der Waals surface area contributed by atoms with Crippen LogP contribution in [0, 0.1) is 6.92 Å². The topological polar surface area (TPSA) is 69.6 Å². The van der Waals surface area contributed by atoms with Gasteiger partial charge < -0.3 is 4.90 Å². The molecule has 2 aromatic rings. The maximum Gasteiger partial charge on any atom is 0.243 e. The second-order valence-electron chi connectivity index (χ2n) is 10.0. The average molecular weight is 484 g/mol. The Labute approximate surface area is 204 Å². The lowest BCUT2D eigenvalue weighted by atomic mass is 9.94. The quantitative estimate of drug-likeness (QED) is 0.638. The van der Waals surface area contributed by atoms with E-state index < -0.39 is 10.0 Å². The molecule has 3 aliphatic rings. The number of benzene rings is 1. The standard InChI is InChI=1S/C26H37N5O2S/c1-21-10-11-22(20-25(21)34(32,33)31-14-6-3-7-15-31)24-12-13-26(28-27-24)30-18-16-29(17-19-30)23-8-4-2-5-9-23/h10-13,20,23H,2-9,14-19H2,1H3. The molecule has 0 amide bonds. The van der Waals surface area contributed by atoms with E-state index >= 15 is 0 Å². The van der Waals surface area contributed by atoms with Crippen molar-refractivity contribution in [1.29, 1.82) is 0 Å². The molecular formula is C26H37N5O2S. The van der Waals surface area contributed by atoms with Gasteiger partial charge in [0.05, 0.1) is 10.6 Å². The highest BCUT2D eigenvalue weighted by Gasteiger charge is 2.28. The molecule has 3 fully saturated rings. The molecule has 0 N–H and O–H groups in total. The van der Waals surface area contributed by atoms with Gasteiger partial charge in [-0.2, -0.15) is 4.31 Å². The van der Waals surface area contributed by atoms with E-state index in [1.165, 1.54) is 32.1 Å². The minimum absolute atomic E-state index is 0.386. The molecule has 1 saturated carbocycles. The van der Waals surface area contributed by atoms with Crippen LogP contribution in [0.5, 0.6) is 0 Å². The largest absolute Gasteiger partial charge is 0.353 e. The van der Waals surface area contributed by atoms with E-state index in [1.807, 2.05) is 31.2 Å². The van der Waals surface area contributed by atoms with E-state index in [9.17, 15) is 8.42 Å². The summed E-state index contributed by atoms with van der Waals surface area (Å²) in [6.07, 6.45) is 9.80. The van der Waals surface area contributed by atoms with Crippen LogP contribution in [0.3, 0.4) is 0 Å². The molecule has 0 unspecified atom stereocenters. The zero-order valence-corrected chi connectivity index (χ0v) is 21.1. The van der Waals surface area contributed by atoms with Crippen molar-refractivity contribution in [3.8, 4) is 11.3 Å². The Morgan fingerprint density at radius 3 is 2.18 bits per heavy atom. The van der Waals surface area contributed by atoms with Crippen LogP contribution >= 0.6 is 0 Å². The summed E-state index contributed by atoms with van der Waals surface area (Å²) in [5, 5.41) is 9.00. The van der Waals surface area contributed by atoms with Crippen LogP contribution in [0.4, 0.5) is 5.82 Å². The number of aryl methyl sites for hydroxylation is 1. The zero-order chi connectivity index (χ0) is 23.5. The van der Waals surface area contributed by atoms with Gasteiger partial charge in [0.2, 0.25) is 10.0 Å². The normalized spacial score (nSPS) is 21.6. The highest BCUT2D eigenvalue weighted by Crippen LogP contribution is 2.29. The Bertz CT molecular complexity index is 1070. The molecule has 7 nitrogen and oxygen atoms in total. The van der Waals surface area contributed by atoms with Crippen molar-refractivity contribution in [3.63, 3.8) is 0 Å². The predicted molar refractivity (Wildman–Crippen MR) is 135 cm³/mol. The van der Waals surface area contributed by atoms with Crippen LogP contribution in [0.1, 0.15) is 56.9 Å². The van der Waals surface area contributed by atoms with Gasteiger partial charge in [0.25, 0.3) is 0 Å². The van der Waals surface area contributed by atoms with E-state index in [0.717, 1.165) is 68.4 Å². The Morgan fingerprint density at radius 2 is 1.50 bits per heavy atom. The lowest BCUT2D eigenvalue weighted by Gasteiger charge is -2.41. The van der Waals surface area contributed by atoms with Crippen molar-refractivity contribution >= 4 is 15.8 Å². The van der Waals surface area contributed by atoms with Crippen LogP contribution < -0.4 is 4.90 Å². The fourth-order valence-corrected chi connectivity index (χ4v) is 7.46. The molecule has 5 rings (SSSR count). The number of piperidine rings is 1. The summed E-state index contributed by atoms with van der Waals surface area (Å²) in [5.41, 5.74) is 2.27. The minimum Gasteiger partial charge on any atom is -0.353 e. The van der Waals surface area contributed by atoms with Crippen LogP contribution in [-0.4, -0.2) is 73.1 Å². The van der Waals surface area contributed by atoms with Crippen molar-refractivity contribution in [2.75, 3.05) is 44.2 Å². The van der Waals surface area contributed by atoms with Gasteiger partial charge >= 0.3 is 0 Å². The fraction of sp³-hybridized carbons (Fsp3) is 0.615. The first-order chi connectivity index (χ1) is 16.5. The summed E-state index contributed by atoms with van der Waals surface area (Å²) in [6, 6.07) is 10.4. The summed E-state index contributed by atoms with van der Waals surface area (Å²) < 4.78 is 28.2. The molecule has 3 heterocycles. The van der Waals surface area contributed by atoms with E-state index in [4.69, 9.17) is 0 Å². The van der Waals surface area contributed by atoms with Crippen molar-refractivity contribution in [2.24, 2.45) is 0 Å². The second-order valence-corrected chi connectivity index (χ2v) is 11.9. The highest BCUT2D eigenvalue weighted by molar-refractivity contribution is 7.89. The fourth-order valence-electron chi connectivity index (χ4n) is 5.69. The number of rotatable bonds is 5. The smallest absolute Gasteiger partial charge is 0.243 e. The van der Waals surface area contributed by atoms with Crippen LogP contribution in [0.25, 0.3) is 11.3 Å². The Hall–Kier alpha value is -2.03. The number of anilines is 1. The third-order valence-electron chi connectivity index (χ3n) is 7.80. The molecular weight excluding hydrogens is 446 g/mol. The molecule has 2 saturated heterocycles. The van der Waals surface area contributed by atoms with E-state index in [0.29, 0.717) is 23.7 Å². The summed E-state index contributed by atoms with van der Waals surface area (Å²) in [5.74, 6) is 0.903. The third-order valence-corrected chi connectivity index (χ3v) is 9.84. The molecule has 0 bridgehead atoms. The van der Waals surface area contributed by atoms with Gasteiger partial charge in [-0.15, -0.1) is 10.2 Å². The number of sulfonamides is 1. The number of piperazine rings is 1. The Kier molecular flexibility index (Phi) is 7.18. The van der Waals surface area contributed by atoms with Gasteiger partial charge in [-0.3, -0.25) is 4.90 Å². The van der Waals surface area contributed by atoms with E-state index in [-0.39, 0.29) is 0 Å². The van der Waals surface area contributed by atoms with E-state index in [2.05, 4.69) is 20.0 Å². The van der Waals surface area contributed by atoms with Crippen LogP contribution in [-0.2, 0) is 10.0 Å². The first kappa shape index (κ1) is 23.7. The predicted octanol–water partition coefficient (Wildman–Crippen LogP) is 4.08. The first-order valence-corrected chi connectivity index (χ1v) is 14.4. The van der Waals surface area contributed by atoms with Gasteiger partial charge in [0.15, 0.2) is 5.82 Å². The van der Waals surface area contributed by atoms with Gasteiger partial charge in [0, 0.05) is 50.9 Å². The zero-order valence-electron chi connectivity index (χ0n) is 20.3. The average Bonchev–Trinajstić information content (AvgIpc) is 2.90. The van der Waals surface area contributed by atoms with E-state index in [1.54, 1.807) is 10.4 Å². The molecule has 2 aliphatic heterocycles. The Morgan fingerprint density at radius 1 is 0.794 bits per heavy atom. The van der Waals surface area contributed by atoms with Gasteiger partial charge in [0.1, 0.15) is 0 Å². The van der Waals surface area contributed by atoms with Crippen molar-refractivity contribution in [1.82, 2.24) is 19.4 Å². The van der Waals surface area contributed by atoms with Crippen molar-refractivity contribution in [2.45, 2.75) is 69.2 Å². The number of hydrogen-bond acceptors (Lipinski definition) is 6. The number of aromatic nitrogens is 2. The molecule has 0 spiro atoms. The monoisotopic (exact) mass is 483 g/mol. The summed E-state index contributed by atoms with van der Waals surface area (Å²) in [4.78, 5) is 5.36. The van der Waals surface area contributed by atoms with Gasteiger partial charge in [-0.1, -0.05) is 37.8 Å². The van der Waals surface area contributed by atoms with Crippen molar-refractivity contribution < 1.29 is 8.42 Å². The molecule has 184 valence electrons. The SMILES string of the molecule is Cc1ccc(-c2ccc(N3CCN(C4CCCCC4)CC3)nn2)cc1S(=O)(=O)N1CCCCC1. The second kappa shape index (κ2) is 10.3. The molecule has 8 heteroatoms. The summed E-state index contributed by atoms with van der Waals surface area (Å²) in [6.45, 7) is 7.21. The summed E-state index contributed by atoms with van der Waals surface area (Å²) in [7, 11) is -3.49. The molecule has 34 heavy (non-hydrogen) atoms. The molecule has 0 radical (unpaired) electrons. The first-order valence-electron chi connectivity index (χ1n) is 13.0. The Balaban J connectivity index is 1.28. The number of nitrogens with zero attached hydrogens (tertiary/aromatic N) is 5. The maximum absolute atomic E-state index is 13.3. The lowest BCUT2D eigenvalue weighted by molar-refractivity contribution is 0.147. The third kappa shape index (κ3) is 4.99. The molecule has 0 atom stereocenters. The molecule has 1 aliphatic carbocycles. The summed E-state index contributed by atoms with van der Waals surface area (Å²) >= 11 is 0. The maximum atomic E-state index is 13.3. The lowest BCUT2D eigenvalue weighted by Crippen LogP contribution is -2.51. The van der Waals surface area contributed by atoms with Crippen LogP contribution in [0.2, 0.25) is 0 Å². The van der Waals surface area contributed by atoms with Crippen molar-refractivity contribution in [3.05, 3.63) is 35.9 Å². The molecule has 1 aromatic heterocycles. The van der Waals surface area contributed by atoms with Gasteiger partial charge in [-0.25, -0.2) is 8.42 Å². The van der Waals surface area contributed by atoms with Crippen LogP contribution in [0.15, 0.2) is 35.2 Å². The van der Waals surface area contributed by atoms with Gasteiger partial charge in [-0.05, 0) is 56.4 Å². The molecule has 1 aromatic carbocycles. The minimum atomic E-state index is -3.49.